The second-order valence-corrected chi connectivity index (χ2v) is 13.1. The summed E-state index contributed by atoms with van der Waals surface area (Å²) in [5.74, 6) is 0. The van der Waals surface area contributed by atoms with Gasteiger partial charge in [0.15, 0.2) is 0 Å². The summed E-state index contributed by atoms with van der Waals surface area (Å²) in [6.45, 7) is 4.65. The van der Waals surface area contributed by atoms with Crippen LogP contribution >= 0.6 is 0 Å². The number of rotatable bonds is 5. The lowest BCUT2D eigenvalue weighted by molar-refractivity contribution is 0.661. The first-order valence-electron chi connectivity index (χ1n) is 16.2. The van der Waals surface area contributed by atoms with Crippen molar-refractivity contribution in [1.29, 1.82) is 0 Å². The number of hydrogen-bond acceptors (Lipinski definition) is 2. The average Bonchev–Trinajstić information content (AvgIpc) is 3.69. The van der Waals surface area contributed by atoms with Gasteiger partial charge in [-0.1, -0.05) is 105 Å². The van der Waals surface area contributed by atoms with E-state index in [4.69, 9.17) is 10.7 Å². The smallest absolute Gasteiger partial charge is 0.0995 e. The van der Waals surface area contributed by atoms with E-state index in [-0.39, 0.29) is 11.5 Å². The van der Waals surface area contributed by atoms with Crippen LogP contribution in [0, 0.1) is 0 Å². The van der Waals surface area contributed by atoms with Gasteiger partial charge in [0.1, 0.15) is 0 Å². The lowest BCUT2D eigenvalue weighted by atomic mass is 9.82. The van der Waals surface area contributed by atoms with E-state index in [1.807, 2.05) is 18.6 Å². The second-order valence-electron chi connectivity index (χ2n) is 13.1. The van der Waals surface area contributed by atoms with Crippen LogP contribution in [0.2, 0.25) is 0 Å². The van der Waals surface area contributed by atoms with Crippen LogP contribution in [0.1, 0.15) is 36.6 Å². The van der Waals surface area contributed by atoms with Gasteiger partial charge < -0.3 is 10.3 Å². The summed E-state index contributed by atoms with van der Waals surface area (Å²) in [7, 11) is 0. The molecule has 0 spiro atoms. The van der Waals surface area contributed by atoms with Gasteiger partial charge in [-0.15, -0.1) is 0 Å². The van der Waals surface area contributed by atoms with Crippen molar-refractivity contribution >= 4 is 50.0 Å². The van der Waals surface area contributed by atoms with Gasteiger partial charge in [-0.05, 0) is 76.4 Å². The Bertz CT molecular complexity index is 2560. The van der Waals surface area contributed by atoms with Crippen molar-refractivity contribution in [1.82, 2.24) is 9.13 Å². The summed E-state index contributed by atoms with van der Waals surface area (Å²) in [4.78, 5) is 4.78. The van der Waals surface area contributed by atoms with Gasteiger partial charge in [0.25, 0.3) is 0 Å². The molecule has 4 heteroatoms. The maximum Gasteiger partial charge on any atom is 0.0995 e. The van der Waals surface area contributed by atoms with Crippen LogP contribution in [0.3, 0.4) is 0 Å². The first kappa shape index (κ1) is 27.6. The number of aromatic nitrogens is 2. The molecule has 0 aliphatic heterocycles. The van der Waals surface area contributed by atoms with Gasteiger partial charge in [-0.2, -0.15) is 0 Å². The van der Waals surface area contributed by atoms with Crippen molar-refractivity contribution in [3.05, 3.63) is 162 Å². The summed E-state index contributed by atoms with van der Waals surface area (Å²) in [6, 6.07) is 47.4. The minimum atomic E-state index is -0.306. The Hall–Kier alpha value is -5.71. The molecule has 1 unspecified atom stereocenters. The van der Waals surface area contributed by atoms with Gasteiger partial charge in [0, 0.05) is 44.9 Å². The van der Waals surface area contributed by atoms with Crippen LogP contribution in [0.5, 0.6) is 0 Å². The molecule has 2 aromatic heterocycles. The molecular weight excluding hydrogens is 573 g/mol. The Morgan fingerprint density at radius 3 is 2.11 bits per heavy atom. The third-order valence-corrected chi connectivity index (χ3v) is 10.1. The molecule has 8 aromatic rings. The summed E-state index contributed by atoms with van der Waals surface area (Å²) in [6.07, 6.45) is 5.72. The Morgan fingerprint density at radius 2 is 1.28 bits per heavy atom. The largest absolute Gasteiger partial charge is 0.321 e. The van der Waals surface area contributed by atoms with E-state index < -0.39 is 0 Å². The van der Waals surface area contributed by atoms with Crippen molar-refractivity contribution in [3.63, 3.8) is 0 Å². The third-order valence-electron chi connectivity index (χ3n) is 10.1. The van der Waals surface area contributed by atoms with Crippen molar-refractivity contribution < 1.29 is 0 Å². The molecule has 226 valence electrons. The third kappa shape index (κ3) is 4.15. The Kier molecular flexibility index (Phi) is 6.11. The van der Waals surface area contributed by atoms with Crippen LogP contribution in [-0.4, -0.2) is 15.5 Å². The van der Waals surface area contributed by atoms with E-state index in [0.29, 0.717) is 0 Å². The fraction of sp³-hybridized carbons (Fsp3) is 0.0930. The Morgan fingerprint density at radius 1 is 0.596 bits per heavy atom. The SMILES string of the molecule is CC1(C)c2ccccc2-c2cc3c4ccccc4n(/C=N/C=C\C(N)c4ccc5c6ccccc6n(-c6ccccc6)c5c4)c3cc21. The molecule has 9 rings (SSSR count). The molecule has 0 saturated carbocycles. The fourth-order valence-electron chi connectivity index (χ4n) is 7.73. The van der Waals surface area contributed by atoms with Crippen LogP contribution in [0.4, 0.5) is 0 Å². The zero-order valence-electron chi connectivity index (χ0n) is 26.4. The van der Waals surface area contributed by atoms with Gasteiger partial charge in [0.05, 0.1) is 28.4 Å². The summed E-state index contributed by atoms with van der Waals surface area (Å²) < 4.78 is 4.53. The summed E-state index contributed by atoms with van der Waals surface area (Å²) in [5, 5.41) is 4.91. The first-order chi connectivity index (χ1) is 23.0. The second kappa shape index (κ2) is 10.4. The van der Waals surface area contributed by atoms with E-state index in [1.54, 1.807) is 0 Å². The van der Waals surface area contributed by atoms with E-state index in [9.17, 15) is 0 Å². The molecule has 1 aliphatic carbocycles. The number of para-hydroxylation sites is 3. The Labute approximate surface area is 273 Å². The maximum absolute atomic E-state index is 6.77. The van der Waals surface area contributed by atoms with Crippen LogP contribution in [0.15, 0.2) is 151 Å². The van der Waals surface area contributed by atoms with Gasteiger partial charge >= 0.3 is 0 Å². The van der Waals surface area contributed by atoms with Crippen molar-refractivity contribution in [2.75, 3.05) is 0 Å². The van der Waals surface area contributed by atoms with Crippen molar-refractivity contribution in [2.45, 2.75) is 25.3 Å². The van der Waals surface area contributed by atoms with Crippen molar-refractivity contribution in [2.24, 2.45) is 10.7 Å². The predicted molar refractivity (Wildman–Crippen MR) is 198 cm³/mol. The lowest BCUT2D eigenvalue weighted by Gasteiger charge is -2.21. The summed E-state index contributed by atoms with van der Waals surface area (Å²) in [5.41, 5.74) is 18.9. The number of hydrogen-bond donors (Lipinski definition) is 1. The molecule has 2 heterocycles. The maximum atomic E-state index is 6.77. The molecule has 6 aromatic carbocycles. The van der Waals surface area contributed by atoms with Gasteiger partial charge in [-0.3, -0.25) is 4.57 Å². The van der Waals surface area contributed by atoms with E-state index in [0.717, 1.165) is 27.8 Å². The van der Waals surface area contributed by atoms with Crippen LogP contribution in [0.25, 0.3) is 60.4 Å². The highest BCUT2D eigenvalue weighted by Gasteiger charge is 2.36. The standard InChI is InChI=1S/C43H34N4/c1-43(2)36-17-9-6-14-30(36)34-25-35-32-16-7-10-18-39(32)46(41(35)26-37(34)43)27-45-23-22-38(44)28-20-21-33-31-15-8-11-19-40(31)47(42(33)24-28)29-12-4-3-5-13-29/h3-27,38H,44H2,1-2H3/b23-22-,45-27+. The highest BCUT2D eigenvalue weighted by molar-refractivity contribution is 6.13. The highest BCUT2D eigenvalue weighted by Crippen LogP contribution is 2.50. The minimum absolute atomic E-state index is 0.0709. The zero-order chi connectivity index (χ0) is 31.7. The van der Waals surface area contributed by atoms with Gasteiger partial charge in [0.2, 0.25) is 0 Å². The summed E-state index contributed by atoms with van der Waals surface area (Å²) >= 11 is 0. The zero-order valence-corrected chi connectivity index (χ0v) is 26.4. The topological polar surface area (TPSA) is 48.2 Å². The van der Waals surface area contributed by atoms with Gasteiger partial charge in [-0.25, -0.2) is 4.99 Å². The fourth-order valence-corrected chi connectivity index (χ4v) is 7.73. The number of benzene rings is 6. The predicted octanol–water partition coefficient (Wildman–Crippen LogP) is 10.3. The van der Waals surface area contributed by atoms with Crippen LogP contribution < -0.4 is 5.73 Å². The van der Waals surface area contributed by atoms with Crippen LogP contribution in [-0.2, 0) is 5.41 Å². The normalized spacial score (nSPS) is 14.6. The van der Waals surface area contributed by atoms with E-state index in [2.05, 4.69) is 156 Å². The molecule has 0 bridgehead atoms. The molecule has 2 N–H and O–H groups in total. The van der Waals surface area contributed by atoms with E-state index in [1.165, 1.54) is 49.3 Å². The monoisotopic (exact) mass is 606 g/mol. The van der Waals surface area contributed by atoms with E-state index >= 15 is 0 Å². The molecule has 1 atom stereocenters. The van der Waals surface area contributed by atoms with Crippen molar-refractivity contribution in [3.8, 4) is 16.8 Å². The highest BCUT2D eigenvalue weighted by atomic mass is 15.0. The molecular formula is C43H34N4. The minimum Gasteiger partial charge on any atom is -0.321 e. The lowest BCUT2D eigenvalue weighted by Crippen LogP contribution is -2.15. The molecule has 4 nitrogen and oxygen atoms in total. The number of nitrogens with two attached hydrogens (primary N) is 1. The molecule has 0 saturated heterocycles. The molecule has 0 radical (unpaired) electrons. The molecule has 0 fully saturated rings. The number of fused-ring (bicyclic) bond motifs is 9. The molecule has 47 heavy (non-hydrogen) atoms. The Balaban J connectivity index is 1.09. The molecule has 1 aliphatic rings. The number of nitrogens with zero attached hydrogens (tertiary/aromatic N) is 3. The molecule has 0 amide bonds. The number of aliphatic imine (C=N–C) groups is 1. The average molecular weight is 607 g/mol. The first-order valence-corrected chi connectivity index (χ1v) is 16.2. The quantitative estimate of drug-likeness (QED) is 0.154.